The lowest BCUT2D eigenvalue weighted by molar-refractivity contribution is -0.396. The van der Waals surface area contributed by atoms with E-state index in [4.69, 9.17) is 9.47 Å². The van der Waals surface area contributed by atoms with Crippen molar-refractivity contribution in [1.82, 2.24) is 9.80 Å². The van der Waals surface area contributed by atoms with Crippen molar-refractivity contribution in [2.75, 3.05) is 26.2 Å². The number of nitro groups is 4. The van der Waals surface area contributed by atoms with Crippen LogP contribution in [0.5, 0.6) is 0 Å². The molecule has 1 saturated heterocycles. The summed E-state index contributed by atoms with van der Waals surface area (Å²) in [7, 11) is 0. The van der Waals surface area contributed by atoms with Gasteiger partial charge in [-0.15, -0.1) is 0 Å². The second kappa shape index (κ2) is 11.5. The summed E-state index contributed by atoms with van der Waals surface area (Å²) in [5.74, 6) is 0. The fourth-order valence-corrected chi connectivity index (χ4v) is 3.63. The average Bonchev–Trinajstić information content (AvgIpc) is 2.89. The Morgan fingerprint density at radius 2 is 0.868 bits per heavy atom. The zero-order valence-electron chi connectivity index (χ0n) is 19.3. The highest BCUT2D eigenvalue weighted by Gasteiger charge is 2.31. The van der Waals surface area contributed by atoms with Gasteiger partial charge >= 0.3 is 12.2 Å². The Kier molecular flexibility index (Phi) is 8.25. The van der Waals surface area contributed by atoms with Gasteiger partial charge in [-0.05, 0) is 12.1 Å². The first-order chi connectivity index (χ1) is 18.0. The number of hydrogen-bond donors (Lipinski definition) is 0. The summed E-state index contributed by atoms with van der Waals surface area (Å²) < 4.78 is 10.1. The van der Waals surface area contributed by atoms with E-state index in [1.807, 2.05) is 0 Å². The van der Waals surface area contributed by atoms with Crippen molar-refractivity contribution in [2.45, 2.75) is 13.2 Å². The predicted octanol–water partition coefficient (Wildman–Crippen LogP) is 2.91. The van der Waals surface area contributed by atoms with Gasteiger partial charge in [0.15, 0.2) is 0 Å². The summed E-state index contributed by atoms with van der Waals surface area (Å²) in [4.78, 5) is 68.7. The molecule has 0 bridgehead atoms. The maximum Gasteiger partial charge on any atom is 0.410 e. The smallest absolute Gasteiger partial charge is 0.410 e. The number of nitrogens with zero attached hydrogens (tertiary/aromatic N) is 6. The summed E-state index contributed by atoms with van der Waals surface area (Å²) >= 11 is 0. The highest BCUT2D eigenvalue weighted by Crippen LogP contribution is 2.30. The molecule has 0 unspecified atom stereocenters. The van der Waals surface area contributed by atoms with Crippen molar-refractivity contribution in [3.63, 3.8) is 0 Å². The van der Waals surface area contributed by atoms with Crippen LogP contribution < -0.4 is 0 Å². The molecule has 1 heterocycles. The van der Waals surface area contributed by atoms with Crippen molar-refractivity contribution >= 4 is 34.9 Å². The van der Waals surface area contributed by atoms with Gasteiger partial charge in [-0.1, -0.05) is 0 Å². The van der Waals surface area contributed by atoms with E-state index in [9.17, 15) is 50.0 Å². The van der Waals surface area contributed by atoms with Crippen LogP contribution in [0.25, 0.3) is 0 Å². The van der Waals surface area contributed by atoms with Crippen molar-refractivity contribution in [2.24, 2.45) is 0 Å². The van der Waals surface area contributed by atoms with Crippen LogP contribution >= 0.6 is 0 Å². The number of carbonyl (C=O) groups is 2. The molecule has 2 aromatic carbocycles. The molecule has 0 spiro atoms. The molecule has 200 valence electrons. The molecule has 2 aromatic rings. The Labute approximate surface area is 211 Å². The van der Waals surface area contributed by atoms with Gasteiger partial charge in [0.25, 0.3) is 22.7 Å². The molecule has 18 nitrogen and oxygen atoms in total. The summed E-state index contributed by atoms with van der Waals surface area (Å²) in [6.45, 7) is -1.69. The Bertz CT molecular complexity index is 1140. The first kappa shape index (κ1) is 27.2. The predicted molar refractivity (Wildman–Crippen MR) is 123 cm³/mol. The summed E-state index contributed by atoms with van der Waals surface area (Å²) in [5.41, 5.74) is -3.11. The van der Waals surface area contributed by atoms with Crippen molar-refractivity contribution in [3.8, 4) is 0 Å². The van der Waals surface area contributed by atoms with Crippen LogP contribution in [0.3, 0.4) is 0 Å². The molecule has 0 radical (unpaired) electrons. The lowest BCUT2D eigenvalue weighted by Gasteiger charge is -2.33. The molecule has 0 atom stereocenters. The maximum absolute atomic E-state index is 12.4. The van der Waals surface area contributed by atoms with E-state index in [-0.39, 0.29) is 37.3 Å². The van der Waals surface area contributed by atoms with Gasteiger partial charge in [-0.3, -0.25) is 40.5 Å². The fraction of sp³-hybridized carbons (Fsp3) is 0.300. The van der Waals surface area contributed by atoms with Crippen molar-refractivity contribution < 1.29 is 38.8 Å². The minimum atomic E-state index is -0.930. The van der Waals surface area contributed by atoms with Gasteiger partial charge in [0, 0.05) is 50.4 Å². The Hall–Kier alpha value is -5.42. The number of nitro benzene ring substituents is 4. The number of ether oxygens (including phenoxy) is 2. The number of amides is 2. The van der Waals surface area contributed by atoms with E-state index < -0.39 is 67.8 Å². The second-order valence-electron chi connectivity index (χ2n) is 7.66. The van der Waals surface area contributed by atoms with Crippen LogP contribution in [0.15, 0.2) is 36.4 Å². The number of hydrogen-bond acceptors (Lipinski definition) is 12. The molecular weight excluding hydrogens is 516 g/mol. The van der Waals surface area contributed by atoms with E-state index in [1.54, 1.807) is 0 Å². The van der Waals surface area contributed by atoms with Crippen LogP contribution in [0.4, 0.5) is 32.3 Å². The minimum absolute atomic E-state index is 0.0570. The zero-order chi connectivity index (χ0) is 28.0. The maximum atomic E-state index is 12.4. The van der Waals surface area contributed by atoms with Gasteiger partial charge in [-0.2, -0.15) is 0 Å². The molecule has 1 fully saturated rings. The van der Waals surface area contributed by atoms with Crippen LogP contribution in [0.2, 0.25) is 0 Å². The molecule has 0 aromatic heterocycles. The first-order valence-corrected chi connectivity index (χ1v) is 10.7. The van der Waals surface area contributed by atoms with Gasteiger partial charge in [-0.25, -0.2) is 9.59 Å². The Morgan fingerprint density at radius 1 is 0.605 bits per heavy atom. The third-order valence-electron chi connectivity index (χ3n) is 5.52. The molecule has 1 aliphatic rings. The second-order valence-corrected chi connectivity index (χ2v) is 7.66. The van der Waals surface area contributed by atoms with Gasteiger partial charge in [0.2, 0.25) is 0 Å². The normalized spacial score (nSPS) is 12.9. The van der Waals surface area contributed by atoms with Crippen molar-refractivity contribution in [3.05, 3.63) is 88.0 Å². The highest BCUT2D eigenvalue weighted by atomic mass is 16.6. The van der Waals surface area contributed by atoms with E-state index in [0.29, 0.717) is 0 Å². The number of benzene rings is 2. The number of carbonyl (C=O) groups excluding carboxylic acids is 2. The number of piperazine rings is 1. The monoisotopic (exact) mass is 534 g/mol. The molecular formula is C20H18N6O12. The molecule has 38 heavy (non-hydrogen) atoms. The summed E-state index contributed by atoms with van der Waals surface area (Å²) in [5, 5.41) is 44.8. The molecule has 3 rings (SSSR count). The van der Waals surface area contributed by atoms with Crippen LogP contribution in [0.1, 0.15) is 11.1 Å². The third-order valence-corrected chi connectivity index (χ3v) is 5.52. The molecule has 18 heteroatoms. The SMILES string of the molecule is O=C(OCc1c([N+](=O)[O-])cccc1[N+](=O)[O-])N1CCN(C(=O)OCc2c([N+](=O)[O-])cccc2[N+](=O)[O-])CC1. The molecule has 1 aliphatic heterocycles. The zero-order valence-corrected chi connectivity index (χ0v) is 19.3. The molecule has 0 aliphatic carbocycles. The van der Waals surface area contributed by atoms with E-state index in [1.165, 1.54) is 0 Å². The third kappa shape index (κ3) is 6.04. The first-order valence-electron chi connectivity index (χ1n) is 10.7. The molecule has 2 amide bonds. The van der Waals surface area contributed by atoms with Gasteiger partial charge in [0.05, 0.1) is 19.7 Å². The number of rotatable bonds is 8. The topological polar surface area (TPSA) is 232 Å². The fourth-order valence-electron chi connectivity index (χ4n) is 3.63. The van der Waals surface area contributed by atoms with Crippen molar-refractivity contribution in [1.29, 1.82) is 0 Å². The van der Waals surface area contributed by atoms with Gasteiger partial charge < -0.3 is 19.3 Å². The minimum Gasteiger partial charge on any atom is -0.444 e. The summed E-state index contributed by atoms with van der Waals surface area (Å²) in [6.07, 6.45) is -1.86. The van der Waals surface area contributed by atoms with E-state index in [2.05, 4.69) is 0 Å². The standard InChI is InChI=1S/C20H18N6O12/c27-19(37-11-13-15(23(29)30)3-1-4-16(13)24(31)32)21-7-9-22(10-8-21)20(28)38-12-14-17(25(33)34)5-2-6-18(14)26(35)36/h1-6H,7-12H2. The quantitative estimate of drug-likeness (QED) is 0.351. The molecule has 0 N–H and O–H groups in total. The van der Waals surface area contributed by atoms with E-state index in [0.717, 1.165) is 46.2 Å². The molecule has 0 saturated carbocycles. The lowest BCUT2D eigenvalue weighted by atomic mass is 10.1. The Balaban J connectivity index is 1.58. The van der Waals surface area contributed by atoms with Crippen LogP contribution in [-0.2, 0) is 22.7 Å². The van der Waals surface area contributed by atoms with Gasteiger partial charge in [0.1, 0.15) is 24.3 Å². The largest absolute Gasteiger partial charge is 0.444 e. The highest BCUT2D eigenvalue weighted by molar-refractivity contribution is 5.71. The Morgan fingerprint density at radius 3 is 1.11 bits per heavy atom. The van der Waals surface area contributed by atoms with E-state index >= 15 is 0 Å². The average molecular weight is 534 g/mol. The summed E-state index contributed by atoms with van der Waals surface area (Å²) in [6, 6.07) is 6.43. The van der Waals surface area contributed by atoms with Crippen LogP contribution in [0, 0.1) is 40.5 Å². The van der Waals surface area contributed by atoms with Crippen LogP contribution in [-0.4, -0.2) is 67.9 Å². The lowest BCUT2D eigenvalue weighted by Crippen LogP contribution is -2.50.